The Labute approximate surface area is 115 Å². The van der Waals surface area contributed by atoms with Crippen LogP contribution in [0, 0.1) is 0 Å². The van der Waals surface area contributed by atoms with Gasteiger partial charge in [0.15, 0.2) is 11.9 Å². The molecular weight excluding hydrogens is 252 g/mol. The molecule has 0 bridgehead atoms. The summed E-state index contributed by atoms with van der Waals surface area (Å²) in [5.41, 5.74) is 4.19. The molecule has 20 heavy (non-hydrogen) atoms. The van der Waals surface area contributed by atoms with Crippen LogP contribution in [0.2, 0.25) is 0 Å². The minimum atomic E-state index is -0.745. The molecule has 0 aromatic carbocycles. The maximum Gasteiger partial charge on any atom is 0.155 e. The maximum absolute atomic E-state index is 10.3. The predicted molar refractivity (Wildman–Crippen MR) is 75.4 cm³/mol. The van der Waals surface area contributed by atoms with Crippen molar-refractivity contribution in [1.29, 1.82) is 0 Å². The first-order chi connectivity index (χ1) is 9.83. The molecule has 4 rings (SSSR count). The number of rotatable bonds is 1. The molecule has 98 valence electrons. The molecule has 2 N–H and O–H groups in total. The summed E-state index contributed by atoms with van der Waals surface area (Å²) in [5, 5.41) is 13.3. The van der Waals surface area contributed by atoms with Crippen molar-refractivity contribution in [1.82, 2.24) is 19.7 Å². The number of imidazole rings is 1. The van der Waals surface area contributed by atoms with Crippen molar-refractivity contribution in [3.05, 3.63) is 72.1 Å². The Balaban J connectivity index is 1.93. The summed E-state index contributed by atoms with van der Waals surface area (Å²) in [6, 6.07) is 0. The first kappa shape index (κ1) is 11.2. The van der Waals surface area contributed by atoms with Crippen LogP contribution in [-0.4, -0.2) is 25.7 Å². The van der Waals surface area contributed by atoms with Crippen molar-refractivity contribution < 1.29 is 5.11 Å². The molecule has 1 atom stereocenters. The van der Waals surface area contributed by atoms with Gasteiger partial charge in [-0.05, 0) is 6.08 Å². The maximum atomic E-state index is 10.3. The topological polar surface area (TPSA) is 62.5 Å². The van der Waals surface area contributed by atoms with Crippen molar-refractivity contribution in [2.45, 2.75) is 6.23 Å². The highest BCUT2D eigenvalue weighted by Gasteiger charge is 2.28. The van der Waals surface area contributed by atoms with E-state index in [4.69, 9.17) is 0 Å². The van der Waals surface area contributed by atoms with Crippen molar-refractivity contribution in [2.24, 2.45) is 0 Å². The molecule has 0 fully saturated rings. The van der Waals surface area contributed by atoms with E-state index in [9.17, 15) is 5.11 Å². The van der Waals surface area contributed by atoms with Gasteiger partial charge >= 0.3 is 0 Å². The lowest BCUT2D eigenvalue weighted by Crippen LogP contribution is -2.22. The minimum absolute atomic E-state index is 0.745. The fraction of sp³-hybridized carbons (Fsp3) is 0.0667. The zero-order valence-electron chi connectivity index (χ0n) is 10.6. The Morgan fingerprint density at radius 1 is 1.25 bits per heavy atom. The summed E-state index contributed by atoms with van der Waals surface area (Å²) >= 11 is 0. The van der Waals surface area contributed by atoms with E-state index in [2.05, 4.69) is 15.3 Å². The van der Waals surface area contributed by atoms with Crippen LogP contribution >= 0.6 is 0 Å². The van der Waals surface area contributed by atoms with E-state index < -0.39 is 6.23 Å². The molecule has 0 spiro atoms. The quantitative estimate of drug-likeness (QED) is 0.817. The van der Waals surface area contributed by atoms with E-state index in [0.717, 1.165) is 28.2 Å². The fourth-order valence-electron chi connectivity index (χ4n) is 2.53. The second kappa shape index (κ2) is 4.18. The van der Waals surface area contributed by atoms with E-state index in [1.54, 1.807) is 12.4 Å². The second-order valence-corrected chi connectivity index (χ2v) is 4.67. The van der Waals surface area contributed by atoms with Gasteiger partial charge < -0.3 is 14.8 Å². The SMILES string of the molecule is OC1NC2=CC=CC=CC2=C1c1cn2ccncc2n1. The number of aliphatic hydroxyl groups is 1. The van der Waals surface area contributed by atoms with Crippen molar-refractivity contribution in [2.75, 3.05) is 0 Å². The first-order valence-electron chi connectivity index (χ1n) is 6.36. The highest BCUT2D eigenvalue weighted by atomic mass is 16.3. The Hall–Kier alpha value is -2.66. The van der Waals surface area contributed by atoms with E-state index in [1.807, 2.05) is 47.2 Å². The summed E-state index contributed by atoms with van der Waals surface area (Å²) < 4.78 is 1.89. The molecule has 1 aliphatic heterocycles. The Morgan fingerprint density at radius 3 is 3.10 bits per heavy atom. The predicted octanol–water partition coefficient (Wildman–Crippen LogP) is 1.41. The molecule has 0 saturated carbocycles. The second-order valence-electron chi connectivity index (χ2n) is 4.67. The highest BCUT2D eigenvalue weighted by molar-refractivity contribution is 5.80. The number of hydrogen-bond acceptors (Lipinski definition) is 4. The minimum Gasteiger partial charge on any atom is -0.369 e. The van der Waals surface area contributed by atoms with Gasteiger partial charge in [-0.3, -0.25) is 4.98 Å². The van der Waals surface area contributed by atoms with Crippen LogP contribution in [0.4, 0.5) is 0 Å². The lowest BCUT2D eigenvalue weighted by Gasteiger charge is -2.06. The van der Waals surface area contributed by atoms with Gasteiger partial charge in [0.2, 0.25) is 0 Å². The van der Waals surface area contributed by atoms with E-state index >= 15 is 0 Å². The number of fused-ring (bicyclic) bond motifs is 2. The first-order valence-corrected chi connectivity index (χ1v) is 6.36. The van der Waals surface area contributed by atoms with Crippen LogP contribution in [-0.2, 0) is 0 Å². The lowest BCUT2D eigenvalue weighted by molar-refractivity contribution is 0.214. The number of aliphatic hydroxyl groups excluding tert-OH is 1. The molecule has 2 aromatic rings. The van der Waals surface area contributed by atoms with Gasteiger partial charge in [-0.2, -0.15) is 0 Å². The molecule has 5 heteroatoms. The summed E-state index contributed by atoms with van der Waals surface area (Å²) in [7, 11) is 0. The summed E-state index contributed by atoms with van der Waals surface area (Å²) in [4.78, 5) is 8.58. The molecular formula is C15H12N4O. The third-order valence-corrected chi connectivity index (χ3v) is 3.43. The summed E-state index contributed by atoms with van der Waals surface area (Å²) in [6.07, 6.45) is 16.2. The standard InChI is InChI=1S/C15H12N4O/c20-15-14(10-4-2-1-3-5-11(10)18-15)12-9-19-7-6-16-8-13(19)17-12/h1-9,15,18,20H. The number of hydrogen-bond donors (Lipinski definition) is 2. The fourth-order valence-corrected chi connectivity index (χ4v) is 2.53. The van der Waals surface area contributed by atoms with Crippen molar-refractivity contribution in [3.63, 3.8) is 0 Å². The Bertz CT molecular complexity index is 777. The van der Waals surface area contributed by atoms with Crippen LogP contribution in [0.15, 0.2) is 66.4 Å². The number of nitrogens with one attached hydrogen (secondary N) is 1. The van der Waals surface area contributed by atoms with E-state index in [1.165, 1.54) is 0 Å². The molecule has 1 aliphatic carbocycles. The van der Waals surface area contributed by atoms with Crippen LogP contribution < -0.4 is 5.32 Å². The van der Waals surface area contributed by atoms with Crippen molar-refractivity contribution in [3.8, 4) is 0 Å². The smallest absolute Gasteiger partial charge is 0.155 e. The monoisotopic (exact) mass is 264 g/mol. The van der Waals surface area contributed by atoms with Gasteiger partial charge in [0.05, 0.1) is 11.9 Å². The van der Waals surface area contributed by atoms with Crippen LogP contribution in [0.25, 0.3) is 11.2 Å². The number of nitrogens with zero attached hydrogens (tertiary/aromatic N) is 3. The molecule has 0 amide bonds. The molecule has 2 aromatic heterocycles. The van der Waals surface area contributed by atoms with Gasteiger partial charge in [0.25, 0.3) is 0 Å². The van der Waals surface area contributed by atoms with E-state index in [-0.39, 0.29) is 0 Å². The van der Waals surface area contributed by atoms with Gasteiger partial charge in [-0.25, -0.2) is 4.98 Å². The summed E-state index contributed by atoms with van der Waals surface area (Å²) in [6.45, 7) is 0. The molecule has 1 unspecified atom stereocenters. The molecule has 5 nitrogen and oxygen atoms in total. The van der Waals surface area contributed by atoms with Gasteiger partial charge in [-0.1, -0.05) is 24.3 Å². The van der Waals surface area contributed by atoms with Crippen molar-refractivity contribution >= 4 is 11.2 Å². The zero-order chi connectivity index (χ0) is 13.5. The molecule has 2 aliphatic rings. The Morgan fingerprint density at radius 2 is 2.20 bits per heavy atom. The molecule has 0 radical (unpaired) electrons. The summed E-state index contributed by atoms with van der Waals surface area (Å²) in [5.74, 6) is 0. The Kier molecular flexibility index (Phi) is 2.34. The largest absolute Gasteiger partial charge is 0.369 e. The molecule has 3 heterocycles. The van der Waals surface area contributed by atoms with Gasteiger partial charge in [0.1, 0.15) is 0 Å². The molecule has 0 saturated heterocycles. The number of aromatic nitrogens is 3. The van der Waals surface area contributed by atoms with Gasteiger partial charge in [-0.15, -0.1) is 0 Å². The zero-order valence-corrected chi connectivity index (χ0v) is 10.6. The van der Waals surface area contributed by atoms with E-state index in [0.29, 0.717) is 0 Å². The number of allylic oxidation sites excluding steroid dienone is 5. The van der Waals surface area contributed by atoms with Gasteiger partial charge in [0, 0.05) is 35.4 Å². The third kappa shape index (κ3) is 1.60. The highest BCUT2D eigenvalue weighted by Crippen LogP contribution is 2.32. The normalized spacial score (nSPS) is 20.9. The average Bonchev–Trinajstić information content (AvgIpc) is 2.92. The third-order valence-electron chi connectivity index (χ3n) is 3.43. The van der Waals surface area contributed by atoms with Crippen LogP contribution in [0.5, 0.6) is 0 Å². The van der Waals surface area contributed by atoms with Crippen LogP contribution in [0.1, 0.15) is 5.69 Å². The van der Waals surface area contributed by atoms with Crippen LogP contribution in [0.3, 0.4) is 0 Å². The lowest BCUT2D eigenvalue weighted by atomic mass is 10.1. The average molecular weight is 264 g/mol.